The number of hydrogen-bond donors (Lipinski definition) is 3. The van der Waals surface area contributed by atoms with Gasteiger partial charge in [-0.2, -0.15) is 0 Å². The lowest BCUT2D eigenvalue weighted by atomic mass is 10.1. The van der Waals surface area contributed by atoms with Gasteiger partial charge in [-0.05, 0) is 11.5 Å². The zero-order chi connectivity index (χ0) is 12.3. The summed E-state index contributed by atoms with van der Waals surface area (Å²) in [4.78, 5) is 11.5. The number of thioether (sulfide) groups is 1. The van der Waals surface area contributed by atoms with Crippen LogP contribution in [0.3, 0.4) is 0 Å². The highest BCUT2D eigenvalue weighted by Crippen LogP contribution is 2.23. The van der Waals surface area contributed by atoms with E-state index in [-0.39, 0.29) is 10.4 Å². The van der Waals surface area contributed by atoms with Crippen LogP contribution in [0.25, 0.3) is 10.8 Å². The van der Waals surface area contributed by atoms with Crippen LogP contribution in [0.2, 0.25) is 0 Å². The topological polar surface area (TPSA) is 79.0 Å². The van der Waals surface area contributed by atoms with Crippen LogP contribution in [0.5, 0.6) is 0 Å². The van der Waals surface area contributed by atoms with Crippen molar-refractivity contribution in [2.24, 2.45) is 5.73 Å². The molecule has 0 saturated heterocycles. The van der Waals surface area contributed by atoms with E-state index < -0.39 is 0 Å². The Balaban J connectivity index is 2.30. The summed E-state index contributed by atoms with van der Waals surface area (Å²) in [5, 5.41) is 11.2. The van der Waals surface area contributed by atoms with E-state index in [1.54, 1.807) is 0 Å². The van der Waals surface area contributed by atoms with E-state index in [9.17, 15) is 4.79 Å². The van der Waals surface area contributed by atoms with Crippen molar-refractivity contribution in [3.05, 3.63) is 42.5 Å². The Kier molecular flexibility index (Phi) is 3.30. The largest absolute Gasteiger partial charge is 0.378 e. The summed E-state index contributed by atoms with van der Waals surface area (Å²) >= 11 is 0.669. The molecule has 0 aliphatic heterocycles. The average Bonchev–Trinajstić information content (AvgIpc) is 2.28. The van der Waals surface area contributed by atoms with Gasteiger partial charge in [-0.25, -0.2) is 0 Å². The minimum Gasteiger partial charge on any atom is -0.378 e. The minimum atomic E-state index is -0.353. The van der Waals surface area contributed by atoms with Gasteiger partial charge in [0.25, 0.3) is 5.24 Å². The van der Waals surface area contributed by atoms with Crippen molar-refractivity contribution in [1.82, 2.24) is 0 Å². The van der Waals surface area contributed by atoms with E-state index in [2.05, 4.69) is 5.32 Å². The van der Waals surface area contributed by atoms with Crippen LogP contribution in [-0.2, 0) is 0 Å². The Hall–Kier alpha value is -2.01. The van der Waals surface area contributed by atoms with Crippen LogP contribution >= 0.6 is 11.8 Å². The Labute approximate surface area is 103 Å². The highest BCUT2D eigenvalue weighted by atomic mass is 32.2. The number of anilines is 1. The SMILES string of the molecule is N=C(N)SC(=O)Nc1cccc2ccccc12. The molecule has 2 aromatic rings. The van der Waals surface area contributed by atoms with Gasteiger partial charge >= 0.3 is 0 Å². The van der Waals surface area contributed by atoms with Crippen molar-refractivity contribution >= 4 is 38.6 Å². The summed E-state index contributed by atoms with van der Waals surface area (Å²) in [7, 11) is 0. The molecule has 4 N–H and O–H groups in total. The van der Waals surface area contributed by atoms with Crippen LogP contribution in [0.15, 0.2) is 42.5 Å². The fraction of sp³-hybridized carbons (Fsp3) is 0. The van der Waals surface area contributed by atoms with Crippen LogP contribution in [0.1, 0.15) is 0 Å². The molecule has 86 valence electrons. The first kappa shape index (κ1) is 11.5. The number of amides is 1. The smallest absolute Gasteiger partial charge is 0.291 e. The number of nitrogens with one attached hydrogen (secondary N) is 2. The van der Waals surface area contributed by atoms with E-state index >= 15 is 0 Å². The maximum absolute atomic E-state index is 11.5. The summed E-state index contributed by atoms with van der Waals surface area (Å²) in [6.45, 7) is 0. The summed E-state index contributed by atoms with van der Waals surface area (Å²) in [5.41, 5.74) is 5.87. The summed E-state index contributed by atoms with van der Waals surface area (Å²) in [6.07, 6.45) is 0. The summed E-state index contributed by atoms with van der Waals surface area (Å²) < 4.78 is 0. The molecule has 0 aliphatic carbocycles. The summed E-state index contributed by atoms with van der Waals surface area (Å²) in [5.74, 6) is 0. The second kappa shape index (κ2) is 4.88. The Morgan fingerprint density at radius 1 is 1.18 bits per heavy atom. The van der Waals surface area contributed by atoms with Crippen LogP contribution in [0.4, 0.5) is 10.5 Å². The van der Waals surface area contributed by atoms with Gasteiger partial charge in [0, 0.05) is 22.8 Å². The Morgan fingerprint density at radius 3 is 2.65 bits per heavy atom. The van der Waals surface area contributed by atoms with Gasteiger partial charge < -0.3 is 11.1 Å². The number of hydrogen-bond acceptors (Lipinski definition) is 3. The molecule has 0 atom stereocenters. The molecule has 1 amide bonds. The molecule has 0 aromatic heterocycles. The zero-order valence-corrected chi connectivity index (χ0v) is 9.75. The van der Waals surface area contributed by atoms with E-state index in [4.69, 9.17) is 11.1 Å². The number of carbonyl (C=O) groups excluding carboxylic acids is 1. The predicted molar refractivity (Wildman–Crippen MR) is 72.5 cm³/mol. The molecular formula is C12H11N3OS. The molecule has 0 bridgehead atoms. The van der Waals surface area contributed by atoms with Crippen molar-refractivity contribution in [2.45, 2.75) is 0 Å². The number of fused-ring (bicyclic) bond motifs is 1. The normalized spacial score (nSPS) is 10.1. The zero-order valence-electron chi connectivity index (χ0n) is 8.94. The van der Waals surface area contributed by atoms with Crippen molar-refractivity contribution in [2.75, 3.05) is 5.32 Å². The lowest BCUT2D eigenvalue weighted by Crippen LogP contribution is -2.13. The monoisotopic (exact) mass is 245 g/mol. The van der Waals surface area contributed by atoms with Crippen molar-refractivity contribution in [3.63, 3.8) is 0 Å². The Bertz CT molecular complexity index is 577. The Morgan fingerprint density at radius 2 is 1.88 bits per heavy atom. The highest BCUT2D eigenvalue weighted by molar-refractivity contribution is 8.26. The van der Waals surface area contributed by atoms with Gasteiger partial charge in [0.05, 0.1) is 0 Å². The number of benzene rings is 2. The summed E-state index contributed by atoms with van der Waals surface area (Å²) in [6, 6.07) is 13.4. The first-order chi connectivity index (χ1) is 8.16. The number of carbonyl (C=O) groups is 1. The van der Waals surface area contributed by atoms with Gasteiger partial charge in [0.15, 0.2) is 5.17 Å². The molecule has 0 saturated carbocycles. The van der Waals surface area contributed by atoms with Gasteiger partial charge in [-0.3, -0.25) is 10.2 Å². The molecule has 4 nitrogen and oxygen atoms in total. The lowest BCUT2D eigenvalue weighted by Gasteiger charge is -2.07. The van der Waals surface area contributed by atoms with Gasteiger partial charge in [-0.1, -0.05) is 36.4 Å². The molecule has 0 spiro atoms. The molecule has 0 radical (unpaired) electrons. The minimum absolute atomic E-state index is 0.220. The standard InChI is InChI=1S/C12H11N3OS/c13-11(14)17-12(16)15-10-7-3-5-8-4-1-2-6-9(8)10/h1-7H,(H3,13,14)(H,15,16). The van der Waals surface area contributed by atoms with Crippen molar-refractivity contribution < 1.29 is 4.79 Å². The van der Waals surface area contributed by atoms with Gasteiger partial charge in [-0.15, -0.1) is 0 Å². The third-order valence-corrected chi connectivity index (χ3v) is 2.74. The van der Waals surface area contributed by atoms with E-state index in [0.717, 1.165) is 16.5 Å². The first-order valence-electron chi connectivity index (χ1n) is 4.97. The molecule has 0 unspecified atom stereocenters. The third-order valence-electron chi connectivity index (χ3n) is 2.23. The number of amidine groups is 1. The third kappa shape index (κ3) is 2.76. The molecule has 2 rings (SSSR count). The molecule has 17 heavy (non-hydrogen) atoms. The van der Waals surface area contributed by atoms with Crippen LogP contribution in [-0.4, -0.2) is 10.4 Å². The molecule has 5 heteroatoms. The maximum Gasteiger partial charge on any atom is 0.291 e. The average molecular weight is 245 g/mol. The van der Waals surface area contributed by atoms with Crippen LogP contribution in [0, 0.1) is 5.41 Å². The molecule has 0 heterocycles. The van der Waals surface area contributed by atoms with E-state index in [0.29, 0.717) is 11.8 Å². The molecule has 0 fully saturated rings. The second-order valence-corrected chi connectivity index (χ2v) is 4.42. The second-order valence-electron chi connectivity index (χ2n) is 3.41. The first-order valence-corrected chi connectivity index (χ1v) is 5.79. The molecule has 0 aliphatic rings. The fourth-order valence-electron chi connectivity index (χ4n) is 1.57. The fourth-order valence-corrected chi connectivity index (χ4v) is 1.93. The van der Waals surface area contributed by atoms with Crippen molar-refractivity contribution in [3.8, 4) is 0 Å². The van der Waals surface area contributed by atoms with Crippen molar-refractivity contribution in [1.29, 1.82) is 5.41 Å². The van der Waals surface area contributed by atoms with Crippen LogP contribution < -0.4 is 11.1 Å². The van der Waals surface area contributed by atoms with E-state index in [1.807, 2.05) is 42.5 Å². The highest BCUT2D eigenvalue weighted by Gasteiger charge is 2.07. The lowest BCUT2D eigenvalue weighted by molar-refractivity contribution is 0.270. The quantitative estimate of drug-likeness (QED) is 0.533. The predicted octanol–water partition coefficient (Wildman–Crippen LogP) is 3.00. The molecule has 2 aromatic carbocycles. The van der Waals surface area contributed by atoms with E-state index in [1.165, 1.54) is 0 Å². The van der Waals surface area contributed by atoms with Gasteiger partial charge in [0.1, 0.15) is 0 Å². The van der Waals surface area contributed by atoms with Gasteiger partial charge in [0.2, 0.25) is 0 Å². The maximum atomic E-state index is 11.5. The molecular weight excluding hydrogens is 234 g/mol. The number of rotatable bonds is 1. The number of nitrogens with two attached hydrogens (primary N) is 1.